The minimum absolute atomic E-state index is 0.00689. The molecule has 1 aliphatic rings. The van der Waals surface area contributed by atoms with Gasteiger partial charge in [0.25, 0.3) is 5.91 Å². The number of aliphatic carboxylic acids is 1. The molecule has 1 aromatic rings. The summed E-state index contributed by atoms with van der Waals surface area (Å²) in [6.07, 6.45) is 3.59. The Bertz CT molecular complexity index is 504. The molecule has 0 aliphatic carbocycles. The normalized spacial score (nSPS) is 18.9. The Morgan fingerprint density at radius 1 is 1.30 bits per heavy atom. The van der Waals surface area contributed by atoms with Gasteiger partial charge in [-0.2, -0.15) is 0 Å². The number of halogens is 1. The number of carbonyl (C=O) groups excluding carboxylic acids is 1. The number of benzene rings is 1. The van der Waals surface area contributed by atoms with E-state index in [0.717, 1.165) is 23.7 Å². The number of hydrogen-bond donors (Lipinski definition) is 1. The van der Waals surface area contributed by atoms with Gasteiger partial charge in [0.1, 0.15) is 0 Å². The van der Waals surface area contributed by atoms with Gasteiger partial charge in [-0.25, -0.2) is 0 Å². The van der Waals surface area contributed by atoms with E-state index in [0.29, 0.717) is 18.5 Å². The summed E-state index contributed by atoms with van der Waals surface area (Å²) in [5.74, 6) is -0.809. The molecule has 1 saturated heterocycles. The maximum atomic E-state index is 12.6. The molecule has 4 nitrogen and oxygen atoms in total. The van der Waals surface area contributed by atoms with Crippen LogP contribution in [0.3, 0.4) is 0 Å². The first-order valence-corrected chi connectivity index (χ1v) is 7.66. The molecule has 108 valence electrons. The Balaban J connectivity index is 2.13. The number of hydrogen-bond acceptors (Lipinski definition) is 2. The molecular weight excluding hydrogens is 322 g/mol. The molecule has 0 unspecified atom stereocenters. The predicted octanol–water partition coefficient (Wildman–Crippen LogP) is 3.31. The third-order valence-corrected chi connectivity index (χ3v) is 4.38. The first-order valence-electron chi connectivity index (χ1n) is 6.87. The number of likely N-dealkylation sites (tertiary alicyclic amines) is 1. The van der Waals surface area contributed by atoms with Crippen LogP contribution in [0.1, 0.15) is 42.5 Å². The molecule has 0 spiro atoms. The fraction of sp³-hybridized carbons (Fsp3) is 0.467. The fourth-order valence-electron chi connectivity index (χ4n) is 2.65. The summed E-state index contributed by atoms with van der Waals surface area (Å²) in [7, 11) is 0. The molecule has 1 amide bonds. The van der Waals surface area contributed by atoms with E-state index < -0.39 is 5.97 Å². The third-order valence-electron chi connectivity index (χ3n) is 3.68. The van der Waals surface area contributed by atoms with Gasteiger partial charge in [0, 0.05) is 23.5 Å². The van der Waals surface area contributed by atoms with Crippen LogP contribution >= 0.6 is 15.9 Å². The number of rotatable bonds is 4. The van der Waals surface area contributed by atoms with Crippen molar-refractivity contribution >= 4 is 27.8 Å². The topological polar surface area (TPSA) is 57.6 Å². The summed E-state index contributed by atoms with van der Waals surface area (Å²) in [5, 5.41) is 8.82. The van der Waals surface area contributed by atoms with Crippen LogP contribution in [0, 0.1) is 0 Å². The minimum atomic E-state index is -0.802. The Labute approximate surface area is 126 Å². The number of carbonyl (C=O) groups is 2. The first kappa shape index (κ1) is 15.0. The van der Waals surface area contributed by atoms with Gasteiger partial charge in [-0.15, -0.1) is 0 Å². The summed E-state index contributed by atoms with van der Waals surface area (Å²) in [5.41, 5.74) is 0.648. The molecule has 0 aromatic heterocycles. The maximum Gasteiger partial charge on any atom is 0.303 e. The summed E-state index contributed by atoms with van der Waals surface area (Å²) in [6.45, 7) is 0.713. The summed E-state index contributed by atoms with van der Waals surface area (Å²) >= 11 is 3.40. The molecular formula is C15H18BrNO3. The SMILES string of the molecule is O=C(O)CC[C@@H]1CCCCN1C(=O)c1ccccc1Br. The molecule has 1 aromatic carbocycles. The molecule has 0 bridgehead atoms. The smallest absolute Gasteiger partial charge is 0.303 e. The van der Waals surface area contributed by atoms with Crippen LogP contribution in [0.15, 0.2) is 28.7 Å². The average Bonchev–Trinajstić information content (AvgIpc) is 2.45. The van der Waals surface area contributed by atoms with E-state index in [2.05, 4.69) is 15.9 Å². The van der Waals surface area contributed by atoms with E-state index in [1.165, 1.54) is 0 Å². The van der Waals surface area contributed by atoms with Crippen molar-refractivity contribution in [1.82, 2.24) is 4.90 Å². The van der Waals surface area contributed by atoms with E-state index in [9.17, 15) is 9.59 Å². The molecule has 1 fully saturated rings. The lowest BCUT2D eigenvalue weighted by Crippen LogP contribution is -2.44. The van der Waals surface area contributed by atoms with Gasteiger partial charge in [-0.3, -0.25) is 9.59 Å². The molecule has 1 heterocycles. The molecule has 20 heavy (non-hydrogen) atoms. The largest absolute Gasteiger partial charge is 0.481 e. The lowest BCUT2D eigenvalue weighted by atomic mass is 9.97. The van der Waals surface area contributed by atoms with Gasteiger partial charge in [-0.1, -0.05) is 12.1 Å². The summed E-state index contributed by atoms with van der Waals surface area (Å²) < 4.78 is 0.785. The highest BCUT2D eigenvalue weighted by molar-refractivity contribution is 9.10. The minimum Gasteiger partial charge on any atom is -0.481 e. The second-order valence-corrected chi connectivity index (χ2v) is 5.91. The Kier molecular flexibility index (Phi) is 5.17. The molecule has 2 rings (SSSR count). The Morgan fingerprint density at radius 3 is 2.75 bits per heavy atom. The van der Waals surface area contributed by atoms with Crippen LogP contribution in [0.2, 0.25) is 0 Å². The molecule has 5 heteroatoms. The maximum absolute atomic E-state index is 12.6. The second-order valence-electron chi connectivity index (χ2n) is 5.06. The van der Waals surface area contributed by atoms with Crippen LogP contribution in [-0.2, 0) is 4.79 Å². The highest BCUT2D eigenvalue weighted by Gasteiger charge is 2.28. The molecule has 0 radical (unpaired) electrons. The first-order chi connectivity index (χ1) is 9.59. The van der Waals surface area contributed by atoms with Crippen molar-refractivity contribution < 1.29 is 14.7 Å². The van der Waals surface area contributed by atoms with E-state index in [-0.39, 0.29) is 18.4 Å². The van der Waals surface area contributed by atoms with Crippen LogP contribution in [-0.4, -0.2) is 34.5 Å². The number of nitrogens with zero attached hydrogens (tertiary/aromatic N) is 1. The van der Waals surface area contributed by atoms with E-state index >= 15 is 0 Å². The lowest BCUT2D eigenvalue weighted by Gasteiger charge is -2.36. The molecule has 1 N–H and O–H groups in total. The van der Waals surface area contributed by atoms with Gasteiger partial charge < -0.3 is 10.0 Å². The van der Waals surface area contributed by atoms with Crippen molar-refractivity contribution in [2.24, 2.45) is 0 Å². The average molecular weight is 340 g/mol. The van der Waals surface area contributed by atoms with Gasteiger partial charge in [0.05, 0.1) is 5.56 Å². The zero-order valence-electron chi connectivity index (χ0n) is 11.2. The van der Waals surface area contributed by atoms with Gasteiger partial charge in [-0.05, 0) is 53.7 Å². The predicted molar refractivity (Wildman–Crippen MR) is 79.7 cm³/mol. The lowest BCUT2D eigenvalue weighted by molar-refractivity contribution is -0.137. The van der Waals surface area contributed by atoms with E-state index in [4.69, 9.17) is 5.11 Å². The Morgan fingerprint density at radius 2 is 2.05 bits per heavy atom. The Hall–Kier alpha value is -1.36. The van der Waals surface area contributed by atoms with Gasteiger partial charge in [0.2, 0.25) is 0 Å². The van der Waals surface area contributed by atoms with Crippen molar-refractivity contribution in [3.63, 3.8) is 0 Å². The quantitative estimate of drug-likeness (QED) is 0.915. The summed E-state index contributed by atoms with van der Waals surface area (Å²) in [6, 6.07) is 7.41. The number of piperidine rings is 1. The molecule has 0 saturated carbocycles. The van der Waals surface area contributed by atoms with Crippen LogP contribution in [0.5, 0.6) is 0 Å². The summed E-state index contributed by atoms with van der Waals surface area (Å²) in [4.78, 5) is 25.2. The van der Waals surface area contributed by atoms with Crippen molar-refractivity contribution in [2.75, 3.05) is 6.54 Å². The van der Waals surface area contributed by atoms with Crippen molar-refractivity contribution in [2.45, 2.75) is 38.1 Å². The van der Waals surface area contributed by atoms with Crippen molar-refractivity contribution in [3.05, 3.63) is 34.3 Å². The third kappa shape index (κ3) is 3.60. The second kappa shape index (κ2) is 6.88. The molecule has 1 atom stereocenters. The molecule has 1 aliphatic heterocycles. The van der Waals surface area contributed by atoms with Crippen LogP contribution < -0.4 is 0 Å². The number of carboxylic acids is 1. The van der Waals surface area contributed by atoms with E-state index in [1.54, 1.807) is 6.07 Å². The highest BCUT2D eigenvalue weighted by atomic mass is 79.9. The zero-order valence-corrected chi connectivity index (χ0v) is 12.8. The number of carboxylic acid groups (broad SMARTS) is 1. The van der Waals surface area contributed by atoms with Crippen LogP contribution in [0.25, 0.3) is 0 Å². The van der Waals surface area contributed by atoms with Gasteiger partial charge >= 0.3 is 5.97 Å². The monoisotopic (exact) mass is 339 g/mol. The van der Waals surface area contributed by atoms with Crippen molar-refractivity contribution in [3.8, 4) is 0 Å². The number of amides is 1. The van der Waals surface area contributed by atoms with Crippen molar-refractivity contribution in [1.29, 1.82) is 0 Å². The zero-order chi connectivity index (χ0) is 14.5. The van der Waals surface area contributed by atoms with Crippen LogP contribution in [0.4, 0.5) is 0 Å². The highest BCUT2D eigenvalue weighted by Crippen LogP contribution is 2.25. The van der Waals surface area contributed by atoms with Gasteiger partial charge in [0.15, 0.2) is 0 Å². The standard InChI is InChI=1S/C15H18BrNO3/c16-13-7-2-1-6-12(13)15(20)17-10-4-3-5-11(17)8-9-14(18)19/h1-2,6-7,11H,3-5,8-10H2,(H,18,19)/t11-/m0/s1. The van der Waals surface area contributed by atoms with E-state index in [1.807, 2.05) is 23.1 Å². The fourth-order valence-corrected chi connectivity index (χ4v) is 3.10.